The average Bonchev–Trinajstić information content (AvgIpc) is 2.44. The Bertz CT molecular complexity index is 611. The van der Waals surface area contributed by atoms with Gasteiger partial charge < -0.3 is 15.3 Å². The molecule has 1 aliphatic heterocycles. The van der Waals surface area contributed by atoms with E-state index in [0.717, 1.165) is 11.1 Å². The summed E-state index contributed by atoms with van der Waals surface area (Å²) in [6.07, 6.45) is 1.28. The maximum absolute atomic E-state index is 12.1. The molecule has 2 N–H and O–H groups in total. The van der Waals surface area contributed by atoms with Gasteiger partial charge in [-0.25, -0.2) is 4.68 Å². The number of aromatic nitrogens is 3. The molecule has 0 amide bonds. The molecule has 2 heterocycles. The van der Waals surface area contributed by atoms with Gasteiger partial charge in [-0.05, 0) is 18.6 Å². The molecular weight excluding hydrogens is 292 g/mol. The second-order valence-corrected chi connectivity index (χ2v) is 6.46. The van der Waals surface area contributed by atoms with Crippen molar-refractivity contribution in [3.63, 3.8) is 0 Å². The largest absolute Gasteiger partial charge is 0.353 e. The second kappa shape index (κ2) is 6.25. The zero-order chi connectivity index (χ0) is 15.6. The molecule has 0 spiro atoms. The molecule has 0 aliphatic carbocycles. The van der Waals surface area contributed by atoms with Crippen molar-refractivity contribution in [3.05, 3.63) is 20.8 Å². The van der Waals surface area contributed by atoms with Gasteiger partial charge in [0, 0.05) is 18.4 Å². The first kappa shape index (κ1) is 16.1. The predicted octanol–water partition coefficient (Wildman–Crippen LogP) is 0.939. The Balaban J connectivity index is 2.24. The van der Waals surface area contributed by atoms with Crippen LogP contribution in [0.4, 0.5) is 0 Å². The molecule has 1 saturated heterocycles. The minimum absolute atomic E-state index is 0.198. The van der Waals surface area contributed by atoms with Crippen molar-refractivity contribution in [2.24, 2.45) is 0 Å². The third-order valence-electron chi connectivity index (χ3n) is 3.25. The van der Waals surface area contributed by atoms with Crippen LogP contribution in [0.5, 0.6) is 0 Å². The Hall–Kier alpha value is -1.25. The molecule has 1 aliphatic rings. The van der Waals surface area contributed by atoms with Crippen LogP contribution < -0.4 is 11.4 Å². The molecule has 1 aromatic rings. The number of nitrogen functional groups attached to an aromatic ring is 1. The van der Waals surface area contributed by atoms with Gasteiger partial charge in [0.15, 0.2) is 6.29 Å². The normalized spacial score (nSPS) is 17.1. The standard InChI is InChI=1S/C13H22N4O3S/c1-13(2,3)10-11(18)17(14)12(21)16(15-10)6-5-9-19-7-4-8-20-9/h9H,4-8,14H2,1-3H3. The smallest absolute Gasteiger partial charge is 0.295 e. The van der Waals surface area contributed by atoms with Crippen LogP contribution in [-0.4, -0.2) is 34.0 Å². The van der Waals surface area contributed by atoms with E-state index in [1.807, 2.05) is 20.8 Å². The van der Waals surface area contributed by atoms with E-state index in [-0.39, 0.29) is 16.6 Å². The highest BCUT2D eigenvalue weighted by Gasteiger charge is 2.23. The van der Waals surface area contributed by atoms with Gasteiger partial charge in [-0.15, -0.1) is 0 Å². The molecular formula is C13H22N4O3S. The quantitative estimate of drug-likeness (QED) is 0.660. The van der Waals surface area contributed by atoms with E-state index in [4.69, 9.17) is 27.5 Å². The average molecular weight is 314 g/mol. The summed E-state index contributed by atoms with van der Waals surface area (Å²) in [6, 6.07) is 0. The minimum atomic E-state index is -0.402. The lowest BCUT2D eigenvalue weighted by molar-refractivity contribution is -0.182. The number of rotatable bonds is 3. The van der Waals surface area contributed by atoms with E-state index in [1.165, 1.54) is 0 Å². The highest BCUT2D eigenvalue weighted by atomic mass is 32.1. The van der Waals surface area contributed by atoms with Gasteiger partial charge in [-0.3, -0.25) is 4.79 Å². The molecule has 7 nitrogen and oxygen atoms in total. The van der Waals surface area contributed by atoms with Crippen molar-refractivity contribution >= 4 is 12.2 Å². The third-order valence-corrected chi connectivity index (χ3v) is 3.66. The molecule has 0 saturated carbocycles. The summed E-state index contributed by atoms with van der Waals surface area (Å²) in [7, 11) is 0. The summed E-state index contributed by atoms with van der Waals surface area (Å²) in [5.41, 5.74) is -0.362. The molecule has 0 unspecified atom stereocenters. The van der Waals surface area contributed by atoms with Crippen LogP contribution in [0.1, 0.15) is 39.3 Å². The number of aryl methyl sites for hydroxylation is 1. The summed E-state index contributed by atoms with van der Waals surface area (Å²) >= 11 is 5.19. The highest BCUT2D eigenvalue weighted by molar-refractivity contribution is 7.71. The summed E-state index contributed by atoms with van der Waals surface area (Å²) in [4.78, 5) is 12.1. The van der Waals surface area contributed by atoms with Crippen molar-refractivity contribution in [2.75, 3.05) is 19.1 Å². The van der Waals surface area contributed by atoms with Crippen LogP contribution in [0.2, 0.25) is 0 Å². The van der Waals surface area contributed by atoms with Crippen LogP contribution >= 0.6 is 12.2 Å². The van der Waals surface area contributed by atoms with E-state index >= 15 is 0 Å². The maximum Gasteiger partial charge on any atom is 0.295 e. The molecule has 2 rings (SSSR count). The van der Waals surface area contributed by atoms with Crippen LogP contribution in [0.15, 0.2) is 4.79 Å². The number of hydrogen-bond donors (Lipinski definition) is 1. The van der Waals surface area contributed by atoms with Gasteiger partial charge in [-0.2, -0.15) is 9.77 Å². The number of hydrogen-bond acceptors (Lipinski definition) is 6. The van der Waals surface area contributed by atoms with Crippen molar-refractivity contribution in [1.82, 2.24) is 14.5 Å². The Morgan fingerprint density at radius 3 is 2.57 bits per heavy atom. The predicted molar refractivity (Wildman–Crippen MR) is 81.1 cm³/mol. The fourth-order valence-corrected chi connectivity index (χ4v) is 2.29. The number of ether oxygens (including phenoxy) is 2. The molecule has 1 aromatic heterocycles. The Labute approximate surface area is 128 Å². The highest BCUT2D eigenvalue weighted by Crippen LogP contribution is 2.16. The van der Waals surface area contributed by atoms with Gasteiger partial charge in [0.25, 0.3) is 5.56 Å². The van der Waals surface area contributed by atoms with Crippen molar-refractivity contribution in [3.8, 4) is 0 Å². The molecule has 0 radical (unpaired) electrons. The second-order valence-electron chi connectivity index (χ2n) is 6.09. The Morgan fingerprint density at radius 2 is 2.00 bits per heavy atom. The van der Waals surface area contributed by atoms with Gasteiger partial charge in [-0.1, -0.05) is 20.8 Å². The molecule has 1 fully saturated rings. The SMILES string of the molecule is CC(C)(C)c1nn(CCC2OCCCO2)c(=S)n(N)c1=O. The van der Waals surface area contributed by atoms with Crippen molar-refractivity contribution in [2.45, 2.75) is 51.9 Å². The summed E-state index contributed by atoms with van der Waals surface area (Å²) in [5.74, 6) is 5.77. The molecule has 118 valence electrons. The van der Waals surface area contributed by atoms with Crippen LogP contribution in [-0.2, 0) is 21.4 Å². The molecule has 0 aromatic carbocycles. The van der Waals surface area contributed by atoms with E-state index in [2.05, 4.69) is 5.10 Å². The lowest BCUT2D eigenvalue weighted by Gasteiger charge is -2.24. The first-order valence-electron chi connectivity index (χ1n) is 7.03. The zero-order valence-corrected chi connectivity index (χ0v) is 13.5. The minimum Gasteiger partial charge on any atom is -0.353 e. The Morgan fingerprint density at radius 1 is 1.38 bits per heavy atom. The fourth-order valence-electron chi connectivity index (χ4n) is 2.08. The molecule has 8 heteroatoms. The fraction of sp³-hybridized carbons (Fsp3) is 0.769. The summed E-state index contributed by atoms with van der Waals surface area (Å²) in [5, 5.41) is 4.38. The van der Waals surface area contributed by atoms with Gasteiger partial charge in [0.05, 0.1) is 13.2 Å². The summed E-state index contributed by atoms with van der Waals surface area (Å²) in [6.45, 7) is 7.64. The van der Waals surface area contributed by atoms with E-state index in [0.29, 0.717) is 31.9 Å². The topological polar surface area (TPSA) is 84.3 Å². The lowest BCUT2D eigenvalue weighted by Crippen LogP contribution is -2.40. The molecule has 0 bridgehead atoms. The van der Waals surface area contributed by atoms with E-state index in [9.17, 15) is 4.79 Å². The maximum atomic E-state index is 12.1. The lowest BCUT2D eigenvalue weighted by atomic mass is 9.93. The van der Waals surface area contributed by atoms with Gasteiger partial charge >= 0.3 is 0 Å². The summed E-state index contributed by atoms with van der Waals surface area (Å²) < 4.78 is 13.7. The Kier molecular flexibility index (Phi) is 4.80. The van der Waals surface area contributed by atoms with Gasteiger partial charge in [0.1, 0.15) is 5.69 Å². The monoisotopic (exact) mass is 314 g/mol. The van der Waals surface area contributed by atoms with Crippen molar-refractivity contribution < 1.29 is 9.47 Å². The first-order chi connectivity index (χ1) is 9.80. The van der Waals surface area contributed by atoms with Gasteiger partial charge in [0.2, 0.25) is 4.77 Å². The van der Waals surface area contributed by atoms with E-state index in [1.54, 1.807) is 4.68 Å². The number of nitrogens with two attached hydrogens (primary N) is 1. The third kappa shape index (κ3) is 3.69. The van der Waals surface area contributed by atoms with Crippen LogP contribution in [0.25, 0.3) is 0 Å². The van der Waals surface area contributed by atoms with Crippen LogP contribution in [0.3, 0.4) is 0 Å². The molecule has 0 atom stereocenters. The molecule has 21 heavy (non-hydrogen) atoms. The first-order valence-corrected chi connectivity index (χ1v) is 7.44. The zero-order valence-electron chi connectivity index (χ0n) is 12.7. The van der Waals surface area contributed by atoms with Crippen LogP contribution in [0, 0.1) is 4.77 Å². The number of nitrogens with zero attached hydrogens (tertiary/aromatic N) is 3. The van der Waals surface area contributed by atoms with Crippen molar-refractivity contribution in [1.29, 1.82) is 0 Å². The van der Waals surface area contributed by atoms with E-state index < -0.39 is 5.41 Å².